The van der Waals surface area contributed by atoms with Gasteiger partial charge in [0, 0.05) is 10.9 Å². The number of benzene rings is 1. The number of hydrogen-bond donors (Lipinski definition) is 1. The van der Waals surface area contributed by atoms with Gasteiger partial charge in [-0.25, -0.2) is 9.97 Å². The molecule has 0 saturated carbocycles. The molecule has 1 N–H and O–H groups in total. The molecule has 132 valence electrons. The predicted molar refractivity (Wildman–Crippen MR) is 104 cm³/mol. The fourth-order valence-electron chi connectivity index (χ4n) is 3.65. The molecule has 0 fully saturated rings. The van der Waals surface area contributed by atoms with Gasteiger partial charge >= 0.3 is 0 Å². The molecule has 0 bridgehead atoms. The van der Waals surface area contributed by atoms with Crippen molar-refractivity contribution in [3.8, 4) is 11.1 Å². The van der Waals surface area contributed by atoms with Gasteiger partial charge in [-0.15, -0.1) is 0 Å². The van der Waals surface area contributed by atoms with E-state index in [9.17, 15) is 0 Å². The molecule has 5 nitrogen and oxygen atoms in total. The first-order chi connectivity index (χ1) is 12.7. The first-order valence-corrected chi connectivity index (χ1v) is 8.94. The van der Waals surface area contributed by atoms with Crippen LogP contribution in [0.2, 0.25) is 0 Å². The van der Waals surface area contributed by atoms with Crippen molar-refractivity contribution in [1.29, 1.82) is 0 Å². The van der Waals surface area contributed by atoms with E-state index in [4.69, 9.17) is 4.52 Å². The minimum absolute atomic E-state index is 0.284. The molecule has 1 atom stereocenters. The molecule has 0 aliphatic heterocycles. The molecule has 0 amide bonds. The number of fused-ring (bicyclic) bond motifs is 1. The van der Waals surface area contributed by atoms with Gasteiger partial charge in [0.25, 0.3) is 0 Å². The maximum atomic E-state index is 5.33. The first kappa shape index (κ1) is 16.5. The van der Waals surface area contributed by atoms with Gasteiger partial charge in [-0.1, -0.05) is 29.5 Å². The van der Waals surface area contributed by atoms with Crippen LogP contribution in [0.15, 0.2) is 52.9 Å². The Bertz CT molecular complexity index is 997. The number of rotatable bonds is 4. The summed E-state index contributed by atoms with van der Waals surface area (Å²) in [5, 5.41) is 8.69. The van der Waals surface area contributed by atoms with Gasteiger partial charge < -0.3 is 9.84 Å². The average Bonchev–Trinajstić information content (AvgIpc) is 3.22. The molecular weight excluding hydrogens is 324 g/mol. The van der Waals surface area contributed by atoms with Gasteiger partial charge in [0.1, 0.15) is 17.9 Å². The second-order valence-electron chi connectivity index (χ2n) is 6.63. The lowest BCUT2D eigenvalue weighted by molar-refractivity contribution is 0.393. The van der Waals surface area contributed by atoms with E-state index in [1.807, 2.05) is 26.8 Å². The molecule has 1 aromatic carbocycles. The van der Waals surface area contributed by atoms with Crippen LogP contribution in [-0.2, 0) is 0 Å². The van der Waals surface area contributed by atoms with Crippen LogP contribution < -0.4 is 5.32 Å². The standard InChI is InChI=1S/C21H22N4O/c1-4-6-15-7-5-8-18(15)24-21-17-11-16(9-10-19(17)22-12-23-21)20-13(2)25-26-14(20)3/h4,6-7,9-12,18H,5,8H2,1-3H3,(H,22,23,24)/b6-4-. The summed E-state index contributed by atoms with van der Waals surface area (Å²) < 4.78 is 5.33. The highest BCUT2D eigenvalue weighted by molar-refractivity contribution is 5.93. The number of aryl methyl sites for hydroxylation is 2. The largest absolute Gasteiger partial charge is 0.363 e. The van der Waals surface area contributed by atoms with Gasteiger partial charge in [0.15, 0.2) is 0 Å². The summed E-state index contributed by atoms with van der Waals surface area (Å²) >= 11 is 0. The van der Waals surface area contributed by atoms with Crippen LogP contribution in [0.3, 0.4) is 0 Å². The number of nitrogens with zero attached hydrogens (tertiary/aromatic N) is 3. The monoisotopic (exact) mass is 346 g/mol. The van der Waals surface area contributed by atoms with E-state index >= 15 is 0 Å². The fraction of sp³-hybridized carbons (Fsp3) is 0.286. The third-order valence-electron chi connectivity index (χ3n) is 4.87. The van der Waals surface area contributed by atoms with Crippen molar-refractivity contribution in [2.45, 2.75) is 39.7 Å². The Kier molecular flexibility index (Phi) is 4.29. The molecule has 0 saturated heterocycles. The van der Waals surface area contributed by atoms with Gasteiger partial charge in [0.2, 0.25) is 0 Å². The Morgan fingerprint density at radius 2 is 2.12 bits per heavy atom. The van der Waals surface area contributed by atoms with E-state index in [0.717, 1.165) is 52.1 Å². The minimum Gasteiger partial charge on any atom is -0.363 e. The van der Waals surface area contributed by atoms with E-state index in [1.54, 1.807) is 6.33 Å². The van der Waals surface area contributed by atoms with Crippen LogP contribution >= 0.6 is 0 Å². The summed E-state index contributed by atoms with van der Waals surface area (Å²) in [4.78, 5) is 8.94. The number of anilines is 1. The van der Waals surface area contributed by atoms with Gasteiger partial charge in [0.05, 0.1) is 17.3 Å². The summed E-state index contributed by atoms with van der Waals surface area (Å²) in [6.07, 6.45) is 10.3. The molecule has 0 radical (unpaired) electrons. The third-order valence-corrected chi connectivity index (χ3v) is 4.87. The molecule has 1 aliphatic rings. The lowest BCUT2D eigenvalue weighted by atomic mass is 10.0. The molecule has 4 rings (SSSR count). The van der Waals surface area contributed by atoms with E-state index < -0.39 is 0 Å². The molecule has 3 aromatic rings. The Morgan fingerprint density at radius 3 is 2.88 bits per heavy atom. The van der Waals surface area contributed by atoms with Crippen LogP contribution in [0.4, 0.5) is 5.82 Å². The maximum Gasteiger partial charge on any atom is 0.141 e. The van der Waals surface area contributed by atoms with Crippen molar-refractivity contribution in [2.75, 3.05) is 5.32 Å². The second kappa shape index (κ2) is 6.75. The predicted octanol–water partition coefficient (Wildman–Crippen LogP) is 4.98. The van der Waals surface area contributed by atoms with Gasteiger partial charge in [-0.3, -0.25) is 0 Å². The molecule has 0 spiro atoms. The molecule has 1 unspecified atom stereocenters. The molecule has 1 aliphatic carbocycles. The topological polar surface area (TPSA) is 63.8 Å². The van der Waals surface area contributed by atoms with Crippen LogP contribution in [-0.4, -0.2) is 21.2 Å². The Hall–Kier alpha value is -2.95. The number of hydrogen-bond acceptors (Lipinski definition) is 5. The fourth-order valence-corrected chi connectivity index (χ4v) is 3.65. The first-order valence-electron chi connectivity index (χ1n) is 8.94. The maximum absolute atomic E-state index is 5.33. The van der Waals surface area contributed by atoms with Crippen molar-refractivity contribution in [1.82, 2.24) is 15.1 Å². The summed E-state index contributed by atoms with van der Waals surface area (Å²) in [6.45, 7) is 5.95. The SMILES string of the molecule is C/C=C\C1=CCCC1Nc1ncnc2ccc(-c3c(C)noc3C)cc12. The van der Waals surface area contributed by atoms with Gasteiger partial charge in [-0.2, -0.15) is 0 Å². The third kappa shape index (κ3) is 2.90. The summed E-state index contributed by atoms with van der Waals surface area (Å²) in [5.41, 5.74) is 5.25. The van der Waals surface area contributed by atoms with Crippen molar-refractivity contribution in [3.05, 3.63) is 59.8 Å². The smallest absolute Gasteiger partial charge is 0.141 e. The average molecular weight is 346 g/mol. The van der Waals surface area contributed by atoms with Gasteiger partial charge in [-0.05, 0) is 56.9 Å². The van der Waals surface area contributed by atoms with E-state index in [2.05, 4.69) is 50.8 Å². The summed E-state index contributed by atoms with van der Waals surface area (Å²) in [7, 11) is 0. The minimum atomic E-state index is 0.284. The highest BCUT2D eigenvalue weighted by Gasteiger charge is 2.19. The second-order valence-corrected chi connectivity index (χ2v) is 6.63. The zero-order valence-electron chi connectivity index (χ0n) is 15.3. The molecular formula is C21H22N4O. The van der Waals surface area contributed by atoms with E-state index in [0.29, 0.717) is 0 Å². The lowest BCUT2D eigenvalue weighted by Gasteiger charge is -2.17. The number of aromatic nitrogens is 3. The molecule has 2 heterocycles. The molecule has 26 heavy (non-hydrogen) atoms. The van der Waals surface area contributed by atoms with Crippen molar-refractivity contribution < 1.29 is 4.52 Å². The quantitative estimate of drug-likeness (QED) is 0.722. The van der Waals surface area contributed by atoms with E-state index in [1.165, 1.54) is 5.57 Å². The Balaban J connectivity index is 1.76. The zero-order valence-corrected chi connectivity index (χ0v) is 15.3. The zero-order chi connectivity index (χ0) is 18.1. The van der Waals surface area contributed by atoms with Crippen LogP contribution in [0, 0.1) is 13.8 Å². The van der Waals surface area contributed by atoms with Crippen LogP contribution in [0.5, 0.6) is 0 Å². The van der Waals surface area contributed by atoms with Crippen LogP contribution in [0.25, 0.3) is 22.0 Å². The van der Waals surface area contributed by atoms with Crippen LogP contribution in [0.1, 0.15) is 31.2 Å². The summed E-state index contributed by atoms with van der Waals surface area (Å²) in [5.74, 6) is 1.69. The van der Waals surface area contributed by atoms with Crippen molar-refractivity contribution >= 4 is 16.7 Å². The lowest BCUT2D eigenvalue weighted by Crippen LogP contribution is -2.19. The highest BCUT2D eigenvalue weighted by atomic mass is 16.5. The number of nitrogens with one attached hydrogen (secondary N) is 1. The Labute approximate surface area is 152 Å². The van der Waals surface area contributed by atoms with E-state index in [-0.39, 0.29) is 6.04 Å². The van der Waals surface area contributed by atoms with Crippen molar-refractivity contribution in [2.24, 2.45) is 0 Å². The van der Waals surface area contributed by atoms with Crippen molar-refractivity contribution in [3.63, 3.8) is 0 Å². The normalized spacial score (nSPS) is 17.2. The molecule has 5 heteroatoms. The Morgan fingerprint density at radius 1 is 1.23 bits per heavy atom. The summed E-state index contributed by atoms with van der Waals surface area (Å²) in [6, 6.07) is 6.50. The highest BCUT2D eigenvalue weighted by Crippen LogP contribution is 2.32. The number of allylic oxidation sites excluding steroid dienone is 2. The molecule has 2 aromatic heterocycles.